The Labute approximate surface area is 73.6 Å². The highest BCUT2D eigenvalue weighted by Crippen LogP contribution is 2.27. The normalized spacial score (nSPS) is 33.2. The molecule has 0 amide bonds. The first-order chi connectivity index (χ1) is 5.68. The Morgan fingerprint density at radius 1 is 1.25 bits per heavy atom. The van der Waals surface area contributed by atoms with Gasteiger partial charge in [0.15, 0.2) is 0 Å². The first-order valence-electron chi connectivity index (χ1n) is 4.80. The summed E-state index contributed by atoms with van der Waals surface area (Å²) in [5.41, 5.74) is 5.24. The van der Waals surface area contributed by atoms with Gasteiger partial charge in [-0.1, -0.05) is 0 Å². The number of aliphatic hydroxyl groups excluding tert-OH is 2. The van der Waals surface area contributed by atoms with Crippen LogP contribution < -0.4 is 5.73 Å². The summed E-state index contributed by atoms with van der Waals surface area (Å²) in [7, 11) is 0. The SMILES string of the molecule is NC(O)CCC1CCC(O)CC1. The summed E-state index contributed by atoms with van der Waals surface area (Å²) < 4.78 is 0. The van der Waals surface area contributed by atoms with Gasteiger partial charge < -0.3 is 15.9 Å². The molecule has 0 heterocycles. The maximum Gasteiger partial charge on any atom is 0.102 e. The van der Waals surface area contributed by atoms with E-state index >= 15 is 0 Å². The molecule has 0 spiro atoms. The van der Waals surface area contributed by atoms with Gasteiger partial charge >= 0.3 is 0 Å². The molecule has 0 bridgehead atoms. The van der Waals surface area contributed by atoms with Crippen LogP contribution in [0.5, 0.6) is 0 Å². The number of aliphatic hydroxyl groups is 2. The Hall–Kier alpha value is -0.120. The summed E-state index contributed by atoms with van der Waals surface area (Å²) in [5, 5.41) is 18.1. The highest BCUT2D eigenvalue weighted by atomic mass is 16.3. The van der Waals surface area contributed by atoms with E-state index in [1.54, 1.807) is 0 Å². The van der Waals surface area contributed by atoms with Crippen molar-refractivity contribution in [2.24, 2.45) is 11.7 Å². The van der Waals surface area contributed by atoms with Crippen LogP contribution in [0.1, 0.15) is 38.5 Å². The maximum atomic E-state index is 9.23. The topological polar surface area (TPSA) is 66.5 Å². The third-order valence-corrected chi connectivity index (χ3v) is 2.69. The first-order valence-corrected chi connectivity index (χ1v) is 4.80. The van der Waals surface area contributed by atoms with E-state index in [9.17, 15) is 5.11 Å². The van der Waals surface area contributed by atoms with Gasteiger partial charge in [0.05, 0.1) is 6.10 Å². The zero-order valence-electron chi connectivity index (χ0n) is 7.45. The third kappa shape index (κ3) is 3.52. The molecule has 0 aromatic rings. The Morgan fingerprint density at radius 3 is 2.33 bits per heavy atom. The summed E-state index contributed by atoms with van der Waals surface area (Å²) in [6.07, 6.45) is 4.99. The molecule has 72 valence electrons. The molecule has 12 heavy (non-hydrogen) atoms. The molecule has 1 aliphatic carbocycles. The molecular weight excluding hydrogens is 154 g/mol. The van der Waals surface area contributed by atoms with E-state index < -0.39 is 6.23 Å². The van der Waals surface area contributed by atoms with Crippen LogP contribution in [0.15, 0.2) is 0 Å². The van der Waals surface area contributed by atoms with Gasteiger partial charge in [-0.05, 0) is 44.4 Å². The van der Waals surface area contributed by atoms with Crippen LogP contribution in [0, 0.1) is 5.92 Å². The van der Waals surface area contributed by atoms with Gasteiger partial charge in [-0.3, -0.25) is 0 Å². The molecular formula is C9H19NO2. The van der Waals surface area contributed by atoms with Crippen molar-refractivity contribution in [1.82, 2.24) is 0 Å². The van der Waals surface area contributed by atoms with Gasteiger partial charge in [-0.2, -0.15) is 0 Å². The average molecular weight is 173 g/mol. The second-order valence-corrected chi connectivity index (χ2v) is 3.82. The zero-order chi connectivity index (χ0) is 8.97. The molecule has 1 atom stereocenters. The average Bonchev–Trinajstić information content (AvgIpc) is 2.03. The summed E-state index contributed by atoms with van der Waals surface area (Å²) in [6.45, 7) is 0. The van der Waals surface area contributed by atoms with Crippen LogP contribution in [-0.4, -0.2) is 22.5 Å². The van der Waals surface area contributed by atoms with Gasteiger partial charge in [-0.25, -0.2) is 0 Å². The fraction of sp³-hybridized carbons (Fsp3) is 1.00. The van der Waals surface area contributed by atoms with Crippen molar-refractivity contribution >= 4 is 0 Å². The van der Waals surface area contributed by atoms with Crippen LogP contribution in [-0.2, 0) is 0 Å². The van der Waals surface area contributed by atoms with Crippen molar-refractivity contribution in [1.29, 1.82) is 0 Å². The minimum absolute atomic E-state index is 0.0796. The summed E-state index contributed by atoms with van der Waals surface area (Å²) in [6, 6.07) is 0. The van der Waals surface area contributed by atoms with Crippen LogP contribution in [0.25, 0.3) is 0 Å². The lowest BCUT2D eigenvalue weighted by Crippen LogP contribution is -2.22. The number of rotatable bonds is 3. The standard InChI is InChI=1S/C9H19NO2/c10-9(12)6-3-7-1-4-8(11)5-2-7/h7-9,11-12H,1-6,10H2. The first kappa shape index (κ1) is 9.96. The fourth-order valence-corrected chi connectivity index (χ4v) is 1.84. The quantitative estimate of drug-likeness (QED) is 0.547. The van der Waals surface area contributed by atoms with Gasteiger partial charge in [0.2, 0.25) is 0 Å². The molecule has 4 N–H and O–H groups in total. The molecule has 0 saturated heterocycles. The smallest absolute Gasteiger partial charge is 0.102 e. The molecule has 1 rings (SSSR count). The van der Waals surface area contributed by atoms with Crippen molar-refractivity contribution in [2.45, 2.75) is 50.9 Å². The van der Waals surface area contributed by atoms with Crippen molar-refractivity contribution in [2.75, 3.05) is 0 Å². The molecule has 1 unspecified atom stereocenters. The lowest BCUT2D eigenvalue weighted by Gasteiger charge is -2.25. The molecule has 1 fully saturated rings. The molecule has 1 saturated carbocycles. The van der Waals surface area contributed by atoms with Crippen molar-refractivity contribution in [3.05, 3.63) is 0 Å². The summed E-state index contributed by atoms with van der Waals surface area (Å²) >= 11 is 0. The molecule has 0 aromatic heterocycles. The monoisotopic (exact) mass is 173 g/mol. The maximum absolute atomic E-state index is 9.23. The molecule has 3 nitrogen and oxygen atoms in total. The number of nitrogens with two attached hydrogens (primary N) is 1. The highest BCUT2D eigenvalue weighted by Gasteiger charge is 2.19. The number of hydrogen-bond donors (Lipinski definition) is 3. The lowest BCUT2D eigenvalue weighted by atomic mass is 9.84. The van der Waals surface area contributed by atoms with Crippen LogP contribution in [0.2, 0.25) is 0 Å². The predicted octanol–water partition coefficient (Wildman–Crippen LogP) is 0.595. The second-order valence-electron chi connectivity index (χ2n) is 3.82. The summed E-state index contributed by atoms with van der Waals surface area (Å²) in [4.78, 5) is 0. The Morgan fingerprint density at radius 2 is 1.83 bits per heavy atom. The minimum atomic E-state index is -0.656. The minimum Gasteiger partial charge on any atom is -0.393 e. The number of hydrogen-bond acceptors (Lipinski definition) is 3. The van der Waals surface area contributed by atoms with Gasteiger partial charge in [0.25, 0.3) is 0 Å². The highest BCUT2D eigenvalue weighted by molar-refractivity contribution is 4.71. The van der Waals surface area contributed by atoms with Gasteiger partial charge in [0, 0.05) is 0 Å². The molecule has 0 radical (unpaired) electrons. The van der Waals surface area contributed by atoms with Gasteiger partial charge in [0.1, 0.15) is 6.23 Å². The van der Waals surface area contributed by atoms with E-state index in [4.69, 9.17) is 10.8 Å². The van der Waals surface area contributed by atoms with Gasteiger partial charge in [-0.15, -0.1) is 0 Å². The van der Waals surface area contributed by atoms with E-state index in [0.29, 0.717) is 12.3 Å². The predicted molar refractivity (Wildman–Crippen MR) is 47.4 cm³/mol. The van der Waals surface area contributed by atoms with Crippen LogP contribution >= 0.6 is 0 Å². The fourth-order valence-electron chi connectivity index (χ4n) is 1.84. The molecule has 0 aliphatic heterocycles. The Bertz CT molecular complexity index is 120. The van der Waals surface area contributed by atoms with Crippen LogP contribution in [0.3, 0.4) is 0 Å². The second kappa shape index (κ2) is 4.80. The molecule has 1 aliphatic rings. The van der Waals surface area contributed by atoms with Crippen molar-refractivity contribution < 1.29 is 10.2 Å². The molecule has 3 heteroatoms. The van der Waals surface area contributed by atoms with Crippen molar-refractivity contribution in [3.63, 3.8) is 0 Å². The lowest BCUT2D eigenvalue weighted by molar-refractivity contribution is 0.0976. The van der Waals surface area contributed by atoms with Crippen molar-refractivity contribution in [3.8, 4) is 0 Å². The van der Waals surface area contributed by atoms with E-state index in [1.165, 1.54) is 0 Å². The van der Waals surface area contributed by atoms with E-state index in [0.717, 1.165) is 32.1 Å². The Kier molecular flexibility index (Phi) is 3.98. The third-order valence-electron chi connectivity index (χ3n) is 2.69. The largest absolute Gasteiger partial charge is 0.393 e. The van der Waals surface area contributed by atoms with E-state index in [-0.39, 0.29) is 6.10 Å². The zero-order valence-corrected chi connectivity index (χ0v) is 7.45. The van der Waals surface area contributed by atoms with E-state index in [1.807, 2.05) is 0 Å². The summed E-state index contributed by atoms with van der Waals surface area (Å²) in [5.74, 6) is 0.673. The molecule has 0 aromatic carbocycles. The Balaban J connectivity index is 2.09. The van der Waals surface area contributed by atoms with Crippen LogP contribution in [0.4, 0.5) is 0 Å². The van der Waals surface area contributed by atoms with E-state index in [2.05, 4.69) is 0 Å².